The average Bonchev–Trinajstić information content (AvgIpc) is 2.55. The van der Waals surface area contributed by atoms with Crippen LogP contribution in [0.15, 0.2) is 24.3 Å². The number of hydrogen-bond acceptors (Lipinski definition) is 6. The van der Waals surface area contributed by atoms with E-state index in [-0.39, 0.29) is 18.0 Å². The van der Waals surface area contributed by atoms with E-state index in [1.54, 1.807) is 5.06 Å². The molecule has 0 amide bonds. The van der Waals surface area contributed by atoms with Crippen molar-refractivity contribution in [3.8, 4) is 0 Å². The monoisotopic (exact) mass is 417 g/mol. The van der Waals surface area contributed by atoms with Crippen molar-refractivity contribution in [2.75, 3.05) is 26.0 Å². The van der Waals surface area contributed by atoms with Crippen molar-refractivity contribution >= 4 is 27.7 Å². The second-order valence-corrected chi connectivity index (χ2v) is 10.2. The molecule has 1 saturated heterocycles. The van der Waals surface area contributed by atoms with Crippen molar-refractivity contribution in [2.24, 2.45) is 5.41 Å². The van der Waals surface area contributed by atoms with Gasteiger partial charge >= 0.3 is 5.97 Å². The van der Waals surface area contributed by atoms with Gasteiger partial charge in [-0.1, -0.05) is 23.7 Å². The molecule has 0 radical (unpaired) electrons. The predicted octanol–water partition coefficient (Wildman–Crippen LogP) is 3.54. The maximum absolute atomic E-state index is 12.1. The van der Waals surface area contributed by atoms with Gasteiger partial charge in [-0.15, -0.1) is 5.06 Å². The smallest absolute Gasteiger partial charge is 0.330 e. The van der Waals surface area contributed by atoms with E-state index < -0.39 is 15.5 Å². The molecule has 1 fully saturated rings. The Morgan fingerprint density at radius 3 is 2.22 bits per heavy atom. The molecule has 0 aliphatic carbocycles. The number of halogens is 1. The summed E-state index contributed by atoms with van der Waals surface area (Å²) < 4.78 is 27.6. The van der Waals surface area contributed by atoms with E-state index in [2.05, 4.69) is 0 Å². The summed E-state index contributed by atoms with van der Waals surface area (Å²) in [5, 5.41) is 2.34. The van der Waals surface area contributed by atoms with Crippen LogP contribution in [0.4, 0.5) is 0 Å². The molecular weight excluding hydrogens is 390 g/mol. The first-order valence-corrected chi connectivity index (χ1v) is 11.2. The van der Waals surface area contributed by atoms with Crippen LogP contribution >= 0.6 is 11.6 Å². The fourth-order valence-corrected chi connectivity index (χ4v) is 3.65. The van der Waals surface area contributed by atoms with Gasteiger partial charge in [-0.05, 0) is 57.7 Å². The summed E-state index contributed by atoms with van der Waals surface area (Å²) in [5.41, 5.74) is 0.277. The summed E-state index contributed by atoms with van der Waals surface area (Å²) >= 11 is 6.01. The van der Waals surface area contributed by atoms with Crippen molar-refractivity contribution in [3.05, 3.63) is 34.9 Å². The second kappa shape index (κ2) is 8.47. The summed E-state index contributed by atoms with van der Waals surface area (Å²) in [6.45, 7) is 6.72. The van der Waals surface area contributed by atoms with Gasteiger partial charge in [-0.3, -0.25) is 4.18 Å². The van der Waals surface area contributed by atoms with Gasteiger partial charge in [0, 0.05) is 23.5 Å². The lowest BCUT2D eigenvalue weighted by Crippen LogP contribution is -2.45. The molecule has 0 unspecified atom stereocenters. The van der Waals surface area contributed by atoms with Gasteiger partial charge in [0.05, 0.1) is 18.3 Å². The summed E-state index contributed by atoms with van der Waals surface area (Å²) in [4.78, 5) is 17.6. The highest BCUT2D eigenvalue weighted by Gasteiger charge is 2.38. The van der Waals surface area contributed by atoms with Crippen molar-refractivity contribution in [1.82, 2.24) is 5.06 Å². The van der Waals surface area contributed by atoms with E-state index in [1.165, 1.54) is 0 Å². The molecule has 152 valence electrons. The minimum Gasteiger partial charge on any atom is -0.367 e. The Hall–Kier alpha value is -1.15. The number of rotatable bonds is 6. The van der Waals surface area contributed by atoms with Gasteiger partial charge < -0.3 is 4.84 Å². The van der Waals surface area contributed by atoms with Gasteiger partial charge in [0.2, 0.25) is 0 Å². The standard InChI is InChI=1S/C19H28ClNO5S/c1-18(2,3)17(22)26-21-12-9-19(10-13-21,11-14-25-27(4,23)24)15-5-7-16(20)8-6-15/h5-8H,9-14H2,1-4H3. The van der Waals surface area contributed by atoms with Gasteiger partial charge in [-0.25, -0.2) is 4.79 Å². The van der Waals surface area contributed by atoms with E-state index in [0.717, 1.165) is 24.7 Å². The third kappa shape index (κ3) is 6.45. The molecule has 0 saturated carbocycles. The molecule has 8 heteroatoms. The molecule has 1 aliphatic heterocycles. The highest BCUT2D eigenvalue weighted by atomic mass is 35.5. The zero-order valence-electron chi connectivity index (χ0n) is 16.3. The first kappa shape index (κ1) is 22.1. The zero-order valence-corrected chi connectivity index (χ0v) is 17.9. The molecular formula is C19H28ClNO5S. The lowest BCUT2D eigenvalue weighted by molar-refractivity contribution is -0.207. The number of benzene rings is 1. The largest absolute Gasteiger partial charge is 0.367 e. The average molecular weight is 418 g/mol. The van der Waals surface area contributed by atoms with Crippen LogP contribution in [0.1, 0.15) is 45.6 Å². The van der Waals surface area contributed by atoms with Crippen molar-refractivity contribution < 1.29 is 22.2 Å². The van der Waals surface area contributed by atoms with Gasteiger partial charge in [0.1, 0.15) is 0 Å². The van der Waals surface area contributed by atoms with Gasteiger partial charge in [0.25, 0.3) is 10.1 Å². The Labute approximate surface area is 166 Å². The first-order chi connectivity index (χ1) is 12.4. The van der Waals surface area contributed by atoms with E-state index in [4.69, 9.17) is 20.6 Å². The zero-order chi connectivity index (χ0) is 20.3. The van der Waals surface area contributed by atoms with Gasteiger partial charge in [-0.2, -0.15) is 8.42 Å². The van der Waals surface area contributed by atoms with Crippen molar-refractivity contribution in [3.63, 3.8) is 0 Å². The Bertz CT molecular complexity index is 747. The Kier molecular flexibility index (Phi) is 6.95. The van der Waals surface area contributed by atoms with Crippen LogP contribution in [0.2, 0.25) is 5.02 Å². The van der Waals surface area contributed by atoms with Gasteiger partial charge in [0.15, 0.2) is 0 Å². The van der Waals surface area contributed by atoms with E-state index in [1.807, 2.05) is 45.0 Å². The number of carbonyl (C=O) groups excluding carboxylic acids is 1. The summed E-state index contributed by atoms with van der Waals surface area (Å²) in [5.74, 6) is -0.262. The highest BCUT2D eigenvalue weighted by Crippen LogP contribution is 2.39. The maximum atomic E-state index is 12.1. The molecule has 0 spiro atoms. The number of hydrogen-bond donors (Lipinski definition) is 0. The first-order valence-electron chi connectivity index (χ1n) is 8.99. The van der Waals surface area contributed by atoms with Crippen LogP contribution in [-0.2, 0) is 29.3 Å². The summed E-state index contributed by atoms with van der Waals surface area (Å²) in [6, 6.07) is 7.61. The third-order valence-electron chi connectivity index (χ3n) is 4.84. The van der Waals surface area contributed by atoms with Crippen molar-refractivity contribution in [2.45, 2.75) is 45.4 Å². The van der Waals surface area contributed by atoms with Crippen LogP contribution in [0.5, 0.6) is 0 Å². The Morgan fingerprint density at radius 2 is 1.74 bits per heavy atom. The van der Waals surface area contributed by atoms with E-state index in [0.29, 0.717) is 24.5 Å². The van der Waals surface area contributed by atoms with Crippen LogP contribution in [0, 0.1) is 5.41 Å². The summed E-state index contributed by atoms with van der Waals surface area (Å²) in [6.07, 6.45) is 3.05. The molecule has 0 atom stereocenters. The topological polar surface area (TPSA) is 72.9 Å². The number of carbonyl (C=O) groups is 1. The normalized spacial score (nSPS) is 18.3. The second-order valence-electron chi connectivity index (χ2n) is 8.12. The maximum Gasteiger partial charge on any atom is 0.330 e. The molecule has 6 nitrogen and oxygen atoms in total. The molecule has 1 aromatic carbocycles. The number of nitrogens with zero attached hydrogens (tertiary/aromatic N) is 1. The number of hydroxylamine groups is 2. The van der Waals surface area contributed by atoms with E-state index >= 15 is 0 Å². The fraction of sp³-hybridized carbons (Fsp3) is 0.632. The van der Waals surface area contributed by atoms with Crippen LogP contribution in [0.25, 0.3) is 0 Å². The number of piperidine rings is 1. The molecule has 0 aromatic heterocycles. The highest BCUT2D eigenvalue weighted by molar-refractivity contribution is 7.85. The van der Waals surface area contributed by atoms with E-state index in [9.17, 15) is 13.2 Å². The van der Waals surface area contributed by atoms with Crippen LogP contribution < -0.4 is 0 Å². The quantitative estimate of drug-likeness (QED) is 0.659. The minimum absolute atomic E-state index is 0.114. The van der Waals surface area contributed by atoms with Crippen LogP contribution in [-0.4, -0.2) is 45.4 Å². The molecule has 27 heavy (non-hydrogen) atoms. The molecule has 1 aliphatic rings. The van der Waals surface area contributed by atoms with Crippen LogP contribution in [0.3, 0.4) is 0 Å². The predicted molar refractivity (Wildman–Crippen MR) is 105 cm³/mol. The SMILES string of the molecule is CC(C)(C)C(=O)ON1CCC(CCOS(C)(=O)=O)(c2ccc(Cl)cc2)CC1. The lowest BCUT2D eigenvalue weighted by Gasteiger charge is -2.41. The Balaban J connectivity index is 2.11. The minimum atomic E-state index is -3.48. The third-order valence-corrected chi connectivity index (χ3v) is 5.69. The molecule has 2 rings (SSSR count). The molecule has 1 heterocycles. The molecule has 0 bridgehead atoms. The fourth-order valence-electron chi connectivity index (χ4n) is 3.13. The van der Waals surface area contributed by atoms with Crippen molar-refractivity contribution in [1.29, 1.82) is 0 Å². The summed E-state index contributed by atoms with van der Waals surface area (Å²) in [7, 11) is -3.48. The Morgan fingerprint density at radius 1 is 1.19 bits per heavy atom. The molecule has 0 N–H and O–H groups in total. The lowest BCUT2D eigenvalue weighted by atomic mass is 9.71. The molecule has 1 aromatic rings.